The molecule has 0 bridgehead atoms. The van der Waals surface area contributed by atoms with E-state index in [0.29, 0.717) is 0 Å². The highest BCUT2D eigenvalue weighted by molar-refractivity contribution is 5.00. The number of nitrogens with zero attached hydrogens (tertiary/aromatic N) is 3. The second-order valence-electron chi connectivity index (χ2n) is 4.18. The van der Waals surface area contributed by atoms with Crippen LogP contribution in [0, 0.1) is 6.92 Å². The maximum absolute atomic E-state index is 9.52. The maximum atomic E-state index is 9.52. The van der Waals surface area contributed by atoms with Crippen molar-refractivity contribution < 1.29 is 5.11 Å². The average molecular weight is 207 g/mol. The first-order chi connectivity index (χ1) is 7.24. The van der Waals surface area contributed by atoms with Gasteiger partial charge in [0.25, 0.3) is 0 Å². The molecular weight excluding hydrogens is 190 g/mol. The van der Waals surface area contributed by atoms with E-state index in [1.54, 1.807) is 6.20 Å². The molecule has 0 amide bonds. The molecule has 1 saturated heterocycles. The molecule has 1 aliphatic rings. The molecular formula is C11H17N3O. The van der Waals surface area contributed by atoms with E-state index >= 15 is 0 Å². The number of aliphatic hydroxyl groups is 1. The Labute approximate surface area is 90.0 Å². The Morgan fingerprint density at radius 2 is 2.33 bits per heavy atom. The number of hydrogen-bond acceptors (Lipinski definition) is 4. The number of β-amino-alcohol motifs (C(OH)–C–C–N with tert-alkyl or cyclic N) is 1. The van der Waals surface area contributed by atoms with E-state index in [2.05, 4.69) is 14.9 Å². The number of hydrogen-bond donors (Lipinski definition) is 1. The lowest BCUT2D eigenvalue weighted by Gasteiger charge is -2.29. The molecule has 0 aromatic carbocycles. The van der Waals surface area contributed by atoms with E-state index < -0.39 is 0 Å². The molecule has 0 spiro atoms. The zero-order chi connectivity index (χ0) is 10.7. The van der Waals surface area contributed by atoms with Gasteiger partial charge in [-0.1, -0.05) is 0 Å². The van der Waals surface area contributed by atoms with E-state index in [-0.39, 0.29) is 6.10 Å². The van der Waals surface area contributed by atoms with Gasteiger partial charge in [-0.3, -0.25) is 14.9 Å². The molecule has 0 aliphatic carbocycles. The molecule has 4 nitrogen and oxygen atoms in total. The van der Waals surface area contributed by atoms with Crippen molar-refractivity contribution in [3.8, 4) is 0 Å². The minimum absolute atomic E-state index is 0.169. The molecule has 2 rings (SSSR count). The Kier molecular flexibility index (Phi) is 3.28. The quantitative estimate of drug-likeness (QED) is 0.777. The number of likely N-dealkylation sites (tertiary alicyclic amines) is 1. The van der Waals surface area contributed by atoms with Crippen molar-refractivity contribution in [2.75, 3.05) is 13.1 Å². The molecule has 1 fully saturated rings. The van der Waals surface area contributed by atoms with Crippen molar-refractivity contribution >= 4 is 0 Å². The van der Waals surface area contributed by atoms with E-state index in [1.807, 2.05) is 13.1 Å². The smallest absolute Gasteiger partial charge is 0.0727 e. The van der Waals surface area contributed by atoms with Crippen molar-refractivity contribution in [2.45, 2.75) is 32.4 Å². The molecule has 0 radical (unpaired) electrons. The molecule has 4 heteroatoms. The largest absolute Gasteiger partial charge is 0.392 e. The lowest BCUT2D eigenvalue weighted by atomic mass is 10.1. The second kappa shape index (κ2) is 4.68. The van der Waals surface area contributed by atoms with Crippen LogP contribution in [0.5, 0.6) is 0 Å². The Bertz CT molecular complexity index is 312. The maximum Gasteiger partial charge on any atom is 0.0727 e. The monoisotopic (exact) mass is 207 g/mol. The lowest BCUT2D eigenvalue weighted by Crippen LogP contribution is -2.37. The first-order valence-electron chi connectivity index (χ1n) is 5.42. The molecule has 1 aromatic heterocycles. The summed E-state index contributed by atoms with van der Waals surface area (Å²) in [6.07, 6.45) is 5.43. The van der Waals surface area contributed by atoms with Crippen LogP contribution in [-0.4, -0.2) is 39.2 Å². The Balaban J connectivity index is 1.93. The van der Waals surface area contributed by atoms with E-state index in [9.17, 15) is 5.11 Å². The predicted octanol–water partition coefficient (Wildman–Crippen LogP) is 0.742. The van der Waals surface area contributed by atoms with Crippen LogP contribution >= 0.6 is 0 Å². The third-order valence-corrected chi connectivity index (χ3v) is 2.70. The lowest BCUT2D eigenvalue weighted by molar-refractivity contribution is 0.0661. The summed E-state index contributed by atoms with van der Waals surface area (Å²) >= 11 is 0. The highest BCUT2D eigenvalue weighted by Gasteiger charge is 2.17. The van der Waals surface area contributed by atoms with Crippen LogP contribution in [0.2, 0.25) is 0 Å². The van der Waals surface area contributed by atoms with E-state index in [4.69, 9.17) is 0 Å². The second-order valence-corrected chi connectivity index (χ2v) is 4.18. The van der Waals surface area contributed by atoms with Crippen LogP contribution in [-0.2, 0) is 6.54 Å². The normalized spacial score (nSPS) is 22.9. The fourth-order valence-corrected chi connectivity index (χ4v) is 1.90. The fraction of sp³-hybridized carbons (Fsp3) is 0.636. The van der Waals surface area contributed by atoms with E-state index in [1.165, 1.54) is 0 Å². The van der Waals surface area contributed by atoms with Gasteiger partial charge in [0.2, 0.25) is 0 Å². The minimum atomic E-state index is -0.169. The summed E-state index contributed by atoms with van der Waals surface area (Å²) in [5.74, 6) is 0. The molecule has 1 aliphatic heterocycles. The zero-order valence-corrected chi connectivity index (χ0v) is 9.06. The van der Waals surface area contributed by atoms with Crippen LogP contribution in [0.4, 0.5) is 0 Å². The number of piperidine rings is 1. The zero-order valence-electron chi connectivity index (χ0n) is 9.06. The van der Waals surface area contributed by atoms with Gasteiger partial charge in [0.05, 0.1) is 17.5 Å². The van der Waals surface area contributed by atoms with Crippen LogP contribution < -0.4 is 0 Å². The molecule has 1 atom stereocenters. The summed E-state index contributed by atoms with van der Waals surface area (Å²) in [5.41, 5.74) is 1.92. The number of rotatable bonds is 2. The summed E-state index contributed by atoms with van der Waals surface area (Å²) in [4.78, 5) is 10.8. The van der Waals surface area contributed by atoms with Gasteiger partial charge >= 0.3 is 0 Å². The summed E-state index contributed by atoms with van der Waals surface area (Å²) in [6, 6.07) is 0. The molecule has 1 aromatic rings. The van der Waals surface area contributed by atoms with Crippen molar-refractivity contribution in [1.82, 2.24) is 14.9 Å². The molecule has 82 valence electrons. The highest BCUT2D eigenvalue weighted by Crippen LogP contribution is 2.12. The van der Waals surface area contributed by atoms with Gasteiger partial charge in [0.1, 0.15) is 0 Å². The topological polar surface area (TPSA) is 49.2 Å². The summed E-state index contributed by atoms with van der Waals surface area (Å²) in [5, 5.41) is 9.52. The van der Waals surface area contributed by atoms with E-state index in [0.717, 1.165) is 43.9 Å². The van der Waals surface area contributed by atoms with Crippen LogP contribution in [0.1, 0.15) is 24.2 Å². The van der Waals surface area contributed by atoms with Gasteiger partial charge in [0.15, 0.2) is 0 Å². The third-order valence-electron chi connectivity index (χ3n) is 2.70. The van der Waals surface area contributed by atoms with Gasteiger partial charge in [0, 0.05) is 25.5 Å². The molecule has 1 N–H and O–H groups in total. The summed E-state index contributed by atoms with van der Waals surface area (Å²) in [7, 11) is 0. The number of aryl methyl sites for hydroxylation is 1. The van der Waals surface area contributed by atoms with Crippen molar-refractivity contribution in [1.29, 1.82) is 0 Å². The Morgan fingerprint density at radius 3 is 3.00 bits per heavy atom. The fourth-order valence-electron chi connectivity index (χ4n) is 1.90. The van der Waals surface area contributed by atoms with Crippen LogP contribution in [0.15, 0.2) is 12.4 Å². The number of aromatic nitrogens is 2. The van der Waals surface area contributed by atoms with Gasteiger partial charge in [-0.25, -0.2) is 0 Å². The minimum Gasteiger partial charge on any atom is -0.392 e. The molecule has 2 heterocycles. The van der Waals surface area contributed by atoms with Crippen molar-refractivity contribution in [3.05, 3.63) is 23.8 Å². The van der Waals surface area contributed by atoms with Gasteiger partial charge in [-0.15, -0.1) is 0 Å². The third kappa shape index (κ3) is 2.97. The Hall–Kier alpha value is -1.00. The molecule has 15 heavy (non-hydrogen) atoms. The van der Waals surface area contributed by atoms with Crippen molar-refractivity contribution in [3.63, 3.8) is 0 Å². The first kappa shape index (κ1) is 10.5. The van der Waals surface area contributed by atoms with Gasteiger partial charge < -0.3 is 5.11 Å². The first-order valence-corrected chi connectivity index (χ1v) is 5.42. The van der Waals surface area contributed by atoms with Gasteiger partial charge in [-0.2, -0.15) is 0 Å². The standard InChI is InChI=1S/C11H17N3O/c1-9-5-13-10(6-12-9)7-14-4-2-3-11(15)8-14/h5-6,11,15H,2-4,7-8H2,1H3. The summed E-state index contributed by atoms with van der Waals surface area (Å²) in [6.45, 7) is 4.54. The molecule has 1 unspecified atom stereocenters. The molecule has 0 saturated carbocycles. The Morgan fingerprint density at radius 1 is 1.47 bits per heavy atom. The highest BCUT2D eigenvalue weighted by atomic mass is 16.3. The summed E-state index contributed by atoms with van der Waals surface area (Å²) < 4.78 is 0. The van der Waals surface area contributed by atoms with Gasteiger partial charge in [-0.05, 0) is 26.3 Å². The SMILES string of the molecule is Cc1cnc(CN2CCCC(O)C2)cn1. The van der Waals surface area contributed by atoms with Crippen LogP contribution in [0.25, 0.3) is 0 Å². The van der Waals surface area contributed by atoms with Crippen molar-refractivity contribution in [2.24, 2.45) is 0 Å². The average Bonchev–Trinajstić information content (AvgIpc) is 2.22. The predicted molar refractivity (Wildman–Crippen MR) is 57.3 cm³/mol. The number of aliphatic hydroxyl groups excluding tert-OH is 1. The van der Waals surface area contributed by atoms with Crippen LogP contribution in [0.3, 0.4) is 0 Å².